The first kappa shape index (κ1) is 19.9. The Bertz CT molecular complexity index is 1120. The third-order valence-corrected chi connectivity index (χ3v) is 5.37. The van der Waals surface area contributed by atoms with Gasteiger partial charge < -0.3 is 19.5 Å². The molecule has 1 unspecified atom stereocenters. The average Bonchev–Trinajstić information content (AvgIpc) is 3.24. The summed E-state index contributed by atoms with van der Waals surface area (Å²) < 4.78 is 6.96. The molecule has 3 aromatic heterocycles. The van der Waals surface area contributed by atoms with E-state index in [1.54, 1.807) is 24.5 Å². The third-order valence-electron chi connectivity index (χ3n) is 5.37. The molecule has 1 fully saturated rings. The Hall–Kier alpha value is -3.39. The van der Waals surface area contributed by atoms with Crippen LogP contribution in [0.2, 0.25) is 0 Å². The van der Waals surface area contributed by atoms with Crippen LogP contribution in [-0.2, 0) is 6.61 Å². The Labute approximate surface area is 174 Å². The first-order chi connectivity index (χ1) is 14.5. The van der Waals surface area contributed by atoms with Crippen LogP contribution in [0.15, 0.2) is 64.4 Å². The first-order valence-electron chi connectivity index (χ1n) is 9.92. The molecule has 0 aromatic carbocycles. The predicted octanol–water partition coefficient (Wildman–Crippen LogP) is 1.64. The molecule has 0 saturated carbocycles. The minimum Gasteiger partial charge on any atom is -0.487 e. The van der Waals surface area contributed by atoms with Crippen molar-refractivity contribution in [3.05, 3.63) is 81.3 Å². The van der Waals surface area contributed by atoms with Crippen molar-refractivity contribution in [1.82, 2.24) is 19.4 Å². The lowest BCUT2D eigenvalue weighted by atomic mass is 10.2. The number of aromatic nitrogens is 3. The van der Waals surface area contributed by atoms with Gasteiger partial charge in [-0.25, -0.2) is 0 Å². The van der Waals surface area contributed by atoms with E-state index in [-0.39, 0.29) is 23.4 Å². The number of nitrogens with zero attached hydrogens (tertiary/aromatic N) is 4. The first-order valence-corrected chi connectivity index (χ1v) is 9.92. The van der Waals surface area contributed by atoms with E-state index in [2.05, 4.69) is 33.9 Å². The Morgan fingerprint density at radius 2 is 2.07 bits per heavy atom. The van der Waals surface area contributed by atoms with Crippen molar-refractivity contribution in [1.29, 1.82) is 0 Å². The highest BCUT2D eigenvalue weighted by Gasteiger charge is 2.24. The lowest BCUT2D eigenvalue weighted by Gasteiger charge is -2.21. The van der Waals surface area contributed by atoms with Crippen molar-refractivity contribution in [2.24, 2.45) is 0 Å². The molecule has 0 bridgehead atoms. The summed E-state index contributed by atoms with van der Waals surface area (Å²) in [5.41, 5.74) is 0.418. The largest absolute Gasteiger partial charge is 0.487 e. The number of likely N-dealkylation sites (N-methyl/N-ethyl adjacent to an activating group) is 1. The Morgan fingerprint density at radius 1 is 1.20 bits per heavy atom. The zero-order valence-electron chi connectivity index (χ0n) is 17.1. The highest BCUT2D eigenvalue weighted by molar-refractivity contribution is 5.45. The van der Waals surface area contributed by atoms with Crippen LogP contribution in [0, 0.1) is 0 Å². The normalized spacial score (nSPS) is 16.2. The summed E-state index contributed by atoms with van der Waals surface area (Å²) in [7, 11) is 4.13. The Balaban J connectivity index is 1.50. The van der Waals surface area contributed by atoms with E-state index >= 15 is 0 Å². The smallest absolute Gasteiger partial charge is 0.273 e. The maximum Gasteiger partial charge on any atom is 0.273 e. The summed E-state index contributed by atoms with van der Waals surface area (Å²) in [5.74, 6) is 1.21. The van der Waals surface area contributed by atoms with Crippen LogP contribution in [0.25, 0.3) is 5.69 Å². The fraction of sp³-hybridized carbons (Fsp3) is 0.318. The molecule has 1 aliphatic rings. The maximum absolute atomic E-state index is 12.7. The molecular formula is C22H25N5O3. The van der Waals surface area contributed by atoms with Crippen molar-refractivity contribution < 1.29 is 4.74 Å². The minimum atomic E-state index is -0.333. The van der Waals surface area contributed by atoms with E-state index in [1.165, 1.54) is 10.6 Å². The number of H-pyrrole nitrogens is 1. The van der Waals surface area contributed by atoms with Crippen LogP contribution in [0.3, 0.4) is 0 Å². The number of ether oxygens (including phenoxy) is 1. The van der Waals surface area contributed by atoms with E-state index in [4.69, 9.17) is 4.74 Å². The van der Waals surface area contributed by atoms with Gasteiger partial charge in [0.1, 0.15) is 23.9 Å². The molecular weight excluding hydrogens is 382 g/mol. The number of hydrogen-bond acceptors (Lipinski definition) is 6. The highest BCUT2D eigenvalue weighted by atomic mass is 16.5. The van der Waals surface area contributed by atoms with Gasteiger partial charge in [-0.1, -0.05) is 6.07 Å². The lowest BCUT2D eigenvalue weighted by molar-refractivity contribution is 0.300. The quantitative estimate of drug-likeness (QED) is 0.669. The maximum atomic E-state index is 12.7. The predicted molar refractivity (Wildman–Crippen MR) is 116 cm³/mol. The molecule has 1 N–H and O–H groups in total. The molecule has 1 aliphatic heterocycles. The molecule has 156 valence electrons. The van der Waals surface area contributed by atoms with Crippen molar-refractivity contribution in [3.8, 4) is 11.4 Å². The molecule has 1 atom stereocenters. The molecule has 4 heterocycles. The summed E-state index contributed by atoms with van der Waals surface area (Å²) in [5, 5.41) is 0. The second-order valence-electron chi connectivity index (χ2n) is 7.59. The average molecular weight is 407 g/mol. The van der Waals surface area contributed by atoms with Gasteiger partial charge in [-0.2, -0.15) is 0 Å². The second-order valence-corrected chi connectivity index (χ2v) is 7.59. The van der Waals surface area contributed by atoms with Crippen LogP contribution in [0.4, 0.5) is 5.82 Å². The molecule has 4 rings (SSSR count). The number of pyridine rings is 3. The second kappa shape index (κ2) is 8.54. The number of rotatable bonds is 6. The Kier molecular flexibility index (Phi) is 5.67. The van der Waals surface area contributed by atoms with Crippen LogP contribution < -0.4 is 20.8 Å². The summed E-state index contributed by atoms with van der Waals surface area (Å²) in [4.78, 5) is 36.7. The fourth-order valence-electron chi connectivity index (χ4n) is 3.60. The van der Waals surface area contributed by atoms with Crippen molar-refractivity contribution in [2.45, 2.75) is 19.1 Å². The zero-order chi connectivity index (χ0) is 21.1. The molecule has 0 aliphatic carbocycles. The molecule has 0 amide bonds. The monoisotopic (exact) mass is 407 g/mol. The van der Waals surface area contributed by atoms with Gasteiger partial charge in [-0.3, -0.25) is 19.1 Å². The van der Waals surface area contributed by atoms with Crippen LogP contribution in [0.5, 0.6) is 5.75 Å². The van der Waals surface area contributed by atoms with Gasteiger partial charge in [0.15, 0.2) is 0 Å². The number of aromatic amines is 1. The van der Waals surface area contributed by atoms with E-state index < -0.39 is 0 Å². The summed E-state index contributed by atoms with van der Waals surface area (Å²) in [6.45, 7) is 2.02. The molecule has 0 radical (unpaired) electrons. The minimum absolute atomic E-state index is 0.267. The van der Waals surface area contributed by atoms with Gasteiger partial charge >= 0.3 is 0 Å². The van der Waals surface area contributed by atoms with E-state index in [1.807, 2.05) is 24.3 Å². The standard InChI is InChI=1S/C22H25N5O3/c1-25(2)17-8-11-26(14-17)20-7-6-19(22(29)24-20)27-12-9-18(13-21(27)28)30-15-16-5-3-4-10-23-16/h3-7,9-10,12-13,17H,8,11,14-15H2,1-2H3,(H,24,29). The SMILES string of the molecule is CN(C)C1CCN(c2ccc(-n3ccc(OCc4ccccn4)cc3=O)c(=O)[nH]2)C1. The molecule has 0 spiro atoms. The van der Waals surface area contributed by atoms with E-state index in [0.29, 0.717) is 11.8 Å². The van der Waals surface area contributed by atoms with Crippen LogP contribution in [0.1, 0.15) is 12.1 Å². The summed E-state index contributed by atoms with van der Waals surface area (Å²) in [6.07, 6.45) is 4.30. The van der Waals surface area contributed by atoms with Crippen molar-refractivity contribution >= 4 is 5.82 Å². The van der Waals surface area contributed by atoms with Gasteiger partial charge in [-0.15, -0.1) is 0 Å². The van der Waals surface area contributed by atoms with Crippen molar-refractivity contribution in [2.75, 3.05) is 32.1 Å². The van der Waals surface area contributed by atoms with Gasteiger partial charge in [0.05, 0.1) is 5.69 Å². The molecule has 1 saturated heterocycles. The number of hydrogen-bond donors (Lipinski definition) is 1. The van der Waals surface area contributed by atoms with Gasteiger partial charge in [0, 0.05) is 37.6 Å². The summed E-state index contributed by atoms with van der Waals surface area (Å²) in [6, 6.07) is 12.6. The number of anilines is 1. The van der Waals surface area contributed by atoms with E-state index in [9.17, 15) is 9.59 Å². The zero-order valence-corrected chi connectivity index (χ0v) is 17.1. The van der Waals surface area contributed by atoms with Crippen LogP contribution in [-0.4, -0.2) is 52.7 Å². The molecule has 3 aromatic rings. The molecule has 30 heavy (non-hydrogen) atoms. The van der Waals surface area contributed by atoms with Gasteiger partial charge in [-0.05, 0) is 50.8 Å². The fourth-order valence-corrected chi connectivity index (χ4v) is 3.60. The topological polar surface area (TPSA) is 83.5 Å². The summed E-state index contributed by atoms with van der Waals surface area (Å²) >= 11 is 0. The van der Waals surface area contributed by atoms with Crippen LogP contribution >= 0.6 is 0 Å². The number of nitrogens with one attached hydrogen (secondary N) is 1. The third kappa shape index (κ3) is 4.28. The molecule has 8 nitrogen and oxygen atoms in total. The molecule has 8 heteroatoms. The lowest BCUT2D eigenvalue weighted by Crippen LogP contribution is -2.32. The van der Waals surface area contributed by atoms with Gasteiger partial charge in [0.2, 0.25) is 0 Å². The van der Waals surface area contributed by atoms with Crippen molar-refractivity contribution in [3.63, 3.8) is 0 Å². The Morgan fingerprint density at radius 3 is 2.73 bits per heavy atom. The highest BCUT2D eigenvalue weighted by Crippen LogP contribution is 2.20. The van der Waals surface area contributed by atoms with Gasteiger partial charge in [0.25, 0.3) is 11.1 Å². The van der Waals surface area contributed by atoms with E-state index in [0.717, 1.165) is 31.0 Å².